The summed E-state index contributed by atoms with van der Waals surface area (Å²) < 4.78 is 0. The molecule has 0 aliphatic carbocycles. The van der Waals surface area contributed by atoms with Gasteiger partial charge in [0.1, 0.15) is 0 Å². The van der Waals surface area contributed by atoms with Crippen molar-refractivity contribution in [2.45, 2.75) is 36.6 Å². The summed E-state index contributed by atoms with van der Waals surface area (Å²) in [5.41, 5.74) is 6.39. The molecule has 1 saturated heterocycles. The first kappa shape index (κ1) is 17.1. The summed E-state index contributed by atoms with van der Waals surface area (Å²) in [7, 11) is 0. The molecular weight excluding hydrogens is 354 g/mol. The van der Waals surface area contributed by atoms with Crippen LogP contribution >= 0.6 is 11.8 Å². The lowest BCUT2D eigenvalue weighted by molar-refractivity contribution is -0.114. The van der Waals surface area contributed by atoms with Crippen LogP contribution in [0.5, 0.6) is 0 Å². The van der Waals surface area contributed by atoms with E-state index in [1.807, 2.05) is 23.9 Å². The van der Waals surface area contributed by atoms with Crippen LogP contribution in [0, 0.1) is 0 Å². The van der Waals surface area contributed by atoms with Gasteiger partial charge in [-0.3, -0.25) is 4.79 Å². The lowest BCUT2D eigenvalue weighted by Gasteiger charge is -2.33. The maximum atomic E-state index is 11.3. The van der Waals surface area contributed by atoms with E-state index >= 15 is 0 Å². The Bertz CT molecular complexity index is 880. The molecule has 27 heavy (non-hydrogen) atoms. The zero-order valence-electron chi connectivity index (χ0n) is 15.6. The number of rotatable bonds is 2. The van der Waals surface area contributed by atoms with E-state index in [0.717, 1.165) is 18.8 Å². The number of nitrogens with zero attached hydrogens (tertiary/aromatic N) is 1. The molecule has 1 fully saturated rings. The number of nitrogens with one attached hydrogen (secondary N) is 2. The zero-order valence-corrected chi connectivity index (χ0v) is 16.4. The Labute approximate surface area is 164 Å². The number of fused-ring (bicyclic) bond motifs is 3. The van der Waals surface area contributed by atoms with Crippen molar-refractivity contribution in [3.05, 3.63) is 42.0 Å². The fraction of sp³-hybridized carbons (Fsp3) is 0.409. The minimum Gasteiger partial charge on any atom is -0.367 e. The molecule has 0 aromatic heterocycles. The molecule has 1 amide bonds. The summed E-state index contributed by atoms with van der Waals surface area (Å²) in [4.78, 5) is 15.4. The molecule has 2 aromatic rings. The molecule has 4 nitrogen and oxygen atoms in total. The monoisotopic (exact) mass is 379 g/mol. The Morgan fingerprint density at radius 2 is 2.07 bits per heavy atom. The van der Waals surface area contributed by atoms with Crippen LogP contribution in [0.2, 0.25) is 0 Å². The van der Waals surface area contributed by atoms with Gasteiger partial charge >= 0.3 is 0 Å². The first-order valence-electron chi connectivity index (χ1n) is 9.87. The summed E-state index contributed by atoms with van der Waals surface area (Å²) in [6.07, 6.45) is 2.50. The second-order valence-electron chi connectivity index (χ2n) is 7.73. The highest BCUT2D eigenvalue weighted by atomic mass is 32.2. The molecule has 140 valence electrons. The molecule has 2 atom stereocenters. The van der Waals surface area contributed by atoms with Crippen molar-refractivity contribution in [2.75, 3.05) is 35.6 Å². The molecule has 2 aromatic carbocycles. The predicted octanol–water partition coefficient (Wildman–Crippen LogP) is 4.07. The van der Waals surface area contributed by atoms with Crippen molar-refractivity contribution in [3.63, 3.8) is 0 Å². The van der Waals surface area contributed by atoms with Crippen LogP contribution in [0.3, 0.4) is 0 Å². The van der Waals surface area contributed by atoms with E-state index in [1.165, 1.54) is 52.4 Å². The predicted molar refractivity (Wildman–Crippen MR) is 113 cm³/mol. The third-order valence-electron chi connectivity index (χ3n) is 5.98. The van der Waals surface area contributed by atoms with E-state index in [-0.39, 0.29) is 5.91 Å². The van der Waals surface area contributed by atoms with Gasteiger partial charge in [0.2, 0.25) is 5.91 Å². The molecule has 3 aliphatic heterocycles. The number of thioether (sulfide) groups is 1. The molecular formula is C22H25N3OS. The van der Waals surface area contributed by atoms with E-state index in [9.17, 15) is 4.79 Å². The molecule has 5 rings (SSSR count). The van der Waals surface area contributed by atoms with Crippen molar-refractivity contribution in [2.24, 2.45) is 0 Å². The number of piperidine rings is 1. The van der Waals surface area contributed by atoms with Gasteiger partial charge in [0, 0.05) is 42.6 Å². The number of anilines is 2. The van der Waals surface area contributed by atoms with E-state index in [1.54, 1.807) is 6.92 Å². The van der Waals surface area contributed by atoms with Gasteiger partial charge in [0.05, 0.1) is 5.69 Å². The highest BCUT2D eigenvalue weighted by molar-refractivity contribution is 7.99. The maximum Gasteiger partial charge on any atom is 0.221 e. The summed E-state index contributed by atoms with van der Waals surface area (Å²) in [5, 5.41) is 6.46. The van der Waals surface area contributed by atoms with E-state index in [2.05, 4.69) is 39.8 Å². The van der Waals surface area contributed by atoms with Gasteiger partial charge in [-0.05, 0) is 66.1 Å². The largest absolute Gasteiger partial charge is 0.367 e. The number of hydrogen-bond acceptors (Lipinski definition) is 4. The van der Waals surface area contributed by atoms with Gasteiger partial charge < -0.3 is 15.5 Å². The van der Waals surface area contributed by atoms with Crippen LogP contribution in [0.4, 0.5) is 11.4 Å². The summed E-state index contributed by atoms with van der Waals surface area (Å²) >= 11 is 2.01. The first-order valence-corrected chi connectivity index (χ1v) is 10.9. The molecule has 3 heterocycles. The van der Waals surface area contributed by atoms with Crippen LogP contribution in [0.15, 0.2) is 41.3 Å². The quantitative estimate of drug-likeness (QED) is 0.825. The van der Waals surface area contributed by atoms with Gasteiger partial charge in [-0.15, -0.1) is 11.8 Å². The second-order valence-corrected chi connectivity index (χ2v) is 8.87. The average molecular weight is 380 g/mol. The Balaban J connectivity index is 1.56. The third kappa shape index (κ3) is 3.03. The number of carbonyl (C=O) groups excluding carboxylic acids is 1. The highest BCUT2D eigenvalue weighted by Crippen LogP contribution is 2.51. The standard InChI is InChI=1S/C22H25N3OS/c1-14(26)24-17-5-3-15(4-6-17)16-11-18-19-13-23-8-7-20(19)25-9-2-10-27-21(12-16)22(18)25/h3-6,11-12,19-20,23H,2,7-10,13H2,1H3,(H,24,26). The lowest BCUT2D eigenvalue weighted by Crippen LogP contribution is -2.44. The van der Waals surface area contributed by atoms with Crippen molar-refractivity contribution < 1.29 is 4.79 Å². The third-order valence-corrected chi connectivity index (χ3v) is 7.09. The van der Waals surface area contributed by atoms with Crippen LogP contribution in [-0.2, 0) is 4.79 Å². The van der Waals surface area contributed by atoms with Crippen LogP contribution in [0.25, 0.3) is 11.1 Å². The lowest BCUT2D eigenvalue weighted by atomic mass is 9.88. The molecule has 3 aliphatic rings. The minimum atomic E-state index is -0.0340. The summed E-state index contributed by atoms with van der Waals surface area (Å²) in [6.45, 7) is 4.95. The van der Waals surface area contributed by atoms with Gasteiger partial charge in [0.25, 0.3) is 0 Å². The van der Waals surface area contributed by atoms with E-state index in [4.69, 9.17) is 0 Å². The molecule has 2 N–H and O–H groups in total. The smallest absolute Gasteiger partial charge is 0.221 e. The van der Waals surface area contributed by atoms with Crippen molar-refractivity contribution >= 4 is 29.0 Å². The Hall–Kier alpha value is -1.98. The molecule has 0 radical (unpaired) electrons. The number of benzene rings is 2. The first-order chi connectivity index (χ1) is 13.2. The van der Waals surface area contributed by atoms with E-state index < -0.39 is 0 Å². The van der Waals surface area contributed by atoms with Crippen molar-refractivity contribution in [1.82, 2.24) is 5.32 Å². The van der Waals surface area contributed by atoms with Gasteiger partial charge in [-0.1, -0.05) is 12.1 Å². The maximum absolute atomic E-state index is 11.3. The fourth-order valence-corrected chi connectivity index (χ4v) is 5.92. The number of carbonyl (C=O) groups is 1. The van der Waals surface area contributed by atoms with Crippen LogP contribution < -0.4 is 15.5 Å². The van der Waals surface area contributed by atoms with Gasteiger partial charge in [-0.25, -0.2) is 0 Å². The van der Waals surface area contributed by atoms with Gasteiger partial charge in [-0.2, -0.15) is 0 Å². The zero-order chi connectivity index (χ0) is 18.4. The molecule has 0 spiro atoms. The van der Waals surface area contributed by atoms with Crippen LogP contribution in [-0.4, -0.2) is 37.3 Å². The number of hydrogen-bond donors (Lipinski definition) is 2. The Kier molecular flexibility index (Phi) is 4.37. The van der Waals surface area contributed by atoms with Crippen molar-refractivity contribution in [1.29, 1.82) is 0 Å². The van der Waals surface area contributed by atoms with E-state index in [0.29, 0.717) is 12.0 Å². The average Bonchev–Trinajstić information content (AvgIpc) is 2.83. The fourth-order valence-electron chi connectivity index (χ4n) is 4.84. The molecule has 5 heteroatoms. The van der Waals surface area contributed by atoms with Crippen LogP contribution in [0.1, 0.15) is 31.2 Å². The molecule has 0 saturated carbocycles. The minimum absolute atomic E-state index is 0.0340. The normalized spacial score (nSPS) is 23.4. The topological polar surface area (TPSA) is 44.4 Å². The SMILES string of the molecule is CC(=O)Nc1ccc(-c2cc3c4c(c2)C2CNCCC2N4CCCS3)cc1. The summed E-state index contributed by atoms with van der Waals surface area (Å²) in [6, 6.07) is 13.7. The second kappa shape index (κ2) is 6.88. The van der Waals surface area contributed by atoms with Crippen molar-refractivity contribution in [3.8, 4) is 11.1 Å². The Morgan fingerprint density at radius 1 is 1.22 bits per heavy atom. The number of amides is 1. The Morgan fingerprint density at radius 3 is 2.89 bits per heavy atom. The molecule has 0 bridgehead atoms. The summed E-state index contributed by atoms with van der Waals surface area (Å²) in [5.74, 6) is 1.77. The highest BCUT2D eigenvalue weighted by Gasteiger charge is 2.41. The van der Waals surface area contributed by atoms with Gasteiger partial charge in [0.15, 0.2) is 0 Å². The molecule has 2 unspecified atom stereocenters.